The van der Waals surface area contributed by atoms with Gasteiger partial charge in [0.05, 0.1) is 6.10 Å². The lowest BCUT2D eigenvalue weighted by molar-refractivity contribution is -0.482. The van der Waals surface area contributed by atoms with E-state index in [4.69, 9.17) is 0 Å². The number of halogens is 25. The molecule has 0 amide bonds. The first-order valence-electron chi connectivity index (χ1n) is 12.7. The minimum Gasteiger partial charge on any atom is -0.393 e. The number of aliphatic hydroxyl groups is 1. The number of hydrogen-bond acceptors (Lipinski definition) is 1. The van der Waals surface area contributed by atoms with Gasteiger partial charge >= 0.3 is 71.3 Å². The van der Waals surface area contributed by atoms with Crippen LogP contribution in [0.25, 0.3) is 0 Å². The normalized spacial score (nSPS) is 16.6. The van der Waals surface area contributed by atoms with Crippen molar-refractivity contribution in [3.05, 3.63) is 12.7 Å². The molecule has 0 aromatic heterocycles. The van der Waals surface area contributed by atoms with Crippen molar-refractivity contribution in [2.24, 2.45) is 0 Å². The van der Waals surface area contributed by atoms with Crippen LogP contribution < -0.4 is 0 Å². The summed E-state index contributed by atoms with van der Waals surface area (Å²) in [5, 5.41) is 9.43. The third-order valence-electron chi connectivity index (χ3n) is 6.80. The summed E-state index contributed by atoms with van der Waals surface area (Å²) in [5.74, 6) is -98.6. The molecule has 1 nitrogen and oxygen atoms in total. The van der Waals surface area contributed by atoms with Gasteiger partial charge in [-0.3, -0.25) is 0 Å². The molecule has 0 aliphatic carbocycles. The van der Waals surface area contributed by atoms with Crippen molar-refractivity contribution in [3.63, 3.8) is 0 Å². The molecule has 0 spiro atoms. The quantitative estimate of drug-likeness (QED) is 0.0740. The topological polar surface area (TPSA) is 20.2 Å². The molecule has 1 N–H and O–H groups in total. The molecule has 0 radical (unpaired) electrons. The Hall–Kier alpha value is -2.05. The van der Waals surface area contributed by atoms with Crippen LogP contribution in [0.4, 0.5) is 110 Å². The van der Waals surface area contributed by atoms with Gasteiger partial charge in [-0.25, -0.2) is 0 Å². The molecule has 0 aliphatic heterocycles. The molecule has 49 heavy (non-hydrogen) atoms. The zero-order valence-electron chi connectivity index (χ0n) is 23.4. The first-order valence-corrected chi connectivity index (χ1v) is 12.7. The lowest BCUT2D eigenvalue weighted by Gasteiger charge is -2.45. The number of rotatable bonds is 20. The highest BCUT2D eigenvalue weighted by atomic mass is 19.4. The monoisotopic (exact) mass is 788 g/mol. The van der Waals surface area contributed by atoms with E-state index in [9.17, 15) is 115 Å². The molecule has 0 aromatic rings. The molecule has 1 unspecified atom stereocenters. The van der Waals surface area contributed by atoms with Crippen molar-refractivity contribution in [1.82, 2.24) is 0 Å². The highest BCUT2D eigenvalue weighted by molar-refractivity contribution is 5.19. The van der Waals surface area contributed by atoms with Gasteiger partial charge in [-0.1, -0.05) is 31.8 Å². The Morgan fingerprint density at radius 1 is 0.388 bits per heavy atom. The van der Waals surface area contributed by atoms with Crippen LogP contribution in [0.3, 0.4) is 0 Å². The maximum absolute atomic E-state index is 14.0. The smallest absolute Gasteiger partial charge is 0.393 e. The number of alkyl halides is 25. The van der Waals surface area contributed by atoms with Crippen molar-refractivity contribution in [3.8, 4) is 0 Å². The molecule has 0 aliphatic rings. The SMILES string of the molecule is C=CCCCCCCCC(O)CC(F)(F)C(F)(F)C(F)(F)C(F)(F)C(F)(F)C(F)(F)C(F)(F)C(F)(F)C(F)(F)C(F)(F)C(F)(F)C(F)(F)F. The van der Waals surface area contributed by atoms with E-state index >= 15 is 0 Å². The van der Waals surface area contributed by atoms with E-state index in [0.29, 0.717) is 19.3 Å². The predicted octanol–water partition coefficient (Wildman–Crippen LogP) is 11.2. The summed E-state index contributed by atoms with van der Waals surface area (Å²) < 4.78 is 338. The summed E-state index contributed by atoms with van der Waals surface area (Å²) in [7, 11) is 0. The van der Waals surface area contributed by atoms with E-state index in [1.165, 1.54) is 6.08 Å². The second kappa shape index (κ2) is 13.8. The Balaban J connectivity index is 6.73. The standard InChI is InChI=1S/C23H21F25O/c1-2-3-4-5-6-7-8-9-11(49)10-12(24,25)13(26,27)14(28,29)15(30,31)16(32,33)17(34,35)18(36,37)19(38,39)20(40,41)21(42,43)22(44,45)23(46,47)48/h2,11,49H,1,3-10H2. The Labute approximate surface area is 257 Å². The largest absolute Gasteiger partial charge is 0.460 e. The first kappa shape index (κ1) is 46.9. The van der Waals surface area contributed by atoms with E-state index in [1.54, 1.807) is 0 Å². The molecule has 0 heterocycles. The summed E-state index contributed by atoms with van der Waals surface area (Å²) in [5.41, 5.74) is 0. The summed E-state index contributed by atoms with van der Waals surface area (Å²) in [6.45, 7) is 3.37. The summed E-state index contributed by atoms with van der Waals surface area (Å²) in [6, 6.07) is 0. The van der Waals surface area contributed by atoms with Crippen LogP contribution in [0.5, 0.6) is 0 Å². The van der Waals surface area contributed by atoms with Crippen LogP contribution in [-0.4, -0.2) is 82.5 Å². The van der Waals surface area contributed by atoms with Crippen LogP contribution in [0.15, 0.2) is 12.7 Å². The van der Waals surface area contributed by atoms with Gasteiger partial charge in [-0.2, -0.15) is 110 Å². The molecule has 26 heteroatoms. The van der Waals surface area contributed by atoms with Gasteiger partial charge in [-0.05, 0) is 19.3 Å². The third-order valence-corrected chi connectivity index (χ3v) is 6.80. The summed E-state index contributed by atoms with van der Waals surface area (Å²) in [4.78, 5) is 0. The van der Waals surface area contributed by atoms with Crippen molar-refractivity contribution < 1.29 is 115 Å². The fourth-order valence-corrected chi connectivity index (χ4v) is 3.71. The van der Waals surface area contributed by atoms with Gasteiger partial charge in [0.15, 0.2) is 0 Å². The molecule has 0 fully saturated rings. The maximum atomic E-state index is 14.0. The molecule has 0 saturated heterocycles. The lowest BCUT2D eigenvalue weighted by atomic mass is 9.84. The highest BCUT2D eigenvalue weighted by Crippen LogP contribution is 2.68. The maximum Gasteiger partial charge on any atom is 0.460 e. The summed E-state index contributed by atoms with van der Waals surface area (Å²) >= 11 is 0. The van der Waals surface area contributed by atoms with Crippen LogP contribution in [-0.2, 0) is 0 Å². The fraction of sp³-hybridized carbons (Fsp3) is 0.913. The van der Waals surface area contributed by atoms with Crippen molar-refractivity contribution >= 4 is 0 Å². The zero-order valence-corrected chi connectivity index (χ0v) is 23.4. The van der Waals surface area contributed by atoms with Crippen molar-refractivity contribution in [2.45, 2.75) is 129 Å². The second-order valence-corrected chi connectivity index (χ2v) is 10.4. The molecule has 1 atom stereocenters. The minimum atomic E-state index is -9.61. The van der Waals surface area contributed by atoms with E-state index in [2.05, 4.69) is 6.58 Å². The average molecular weight is 788 g/mol. The molecular formula is C23H21F25O. The van der Waals surface area contributed by atoms with Gasteiger partial charge in [0.25, 0.3) is 0 Å². The van der Waals surface area contributed by atoms with Gasteiger partial charge < -0.3 is 5.11 Å². The molecule has 0 aromatic carbocycles. The lowest BCUT2D eigenvalue weighted by Crippen LogP contribution is -2.78. The zero-order chi connectivity index (χ0) is 39.9. The Kier molecular flexibility index (Phi) is 13.2. The second-order valence-electron chi connectivity index (χ2n) is 10.4. The summed E-state index contributed by atoms with van der Waals surface area (Å²) in [6.07, 6.45) is -12.4. The third kappa shape index (κ3) is 7.21. The average Bonchev–Trinajstić information content (AvgIpc) is 2.90. The minimum absolute atomic E-state index is 0.00335. The number of hydrogen-bond donors (Lipinski definition) is 1. The van der Waals surface area contributed by atoms with Gasteiger partial charge in [0.2, 0.25) is 0 Å². The van der Waals surface area contributed by atoms with Crippen LogP contribution in [0.2, 0.25) is 0 Å². The van der Waals surface area contributed by atoms with E-state index in [-0.39, 0.29) is 12.8 Å². The number of aliphatic hydroxyl groups excluding tert-OH is 1. The molecule has 0 bridgehead atoms. The molecule has 0 saturated carbocycles. The first-order chi connectivity index (χ1) is 21.2. The Morgan fingerprint density at radius 3 is 0.959 bits per heavy atom. The van der Waals surface area contributed by atoms with Crippen LogP contribution in [0, 0.1) is 0 Å². The van der Waals surface area contributed by atoms with E-state index < -0.39 is 96.7 Å². The Morgan fingerprint density at radius 2 is 0.653 bits per heavy atom. The number of allylic oxidation sites excluding steroid dienone is 1. The van der Waals surface area contributed by atoms with E-state index in [0.717, 1.165) is 0 Å². The Bertz CT molecular complexity index is 1100. The fourth-order valence-electron chi connectivity index (χ4n) is 3.71. The number of unbranched alkanes of at least 4 members (excludes halogenated alkanes) is 5. The van der Waals surface area contributed by atoms with Gasteiger partial charge in [-0.15, -0.1) is 6.58 Å². The predicted molar refractivity (Wildman–Crippen MR) is 114 cm³/mol. The van der Waals surface area contributed by atoms with E-state index in [1.807, 2.05) is 0 Å². The van der Waals surface area contributed by atoms with Crippen LogP contribution in [0.1, 0.15) is 51.4 Å². The molecule has 0 rings (SSSR count). The van der Waals surface area contributed by atoms with Gasteiger partial charge in [0.1, 0.15) is 0 Å². The van der Waals surface area contributed by atoms with Gasteiger partial charge in [0, 0.05) is 6.42 Å². The van der Waals surface area contributed by atoms with Crippen molar-refractivity contribution in [1.29, 1.82) is 0 Å². The molecule has 294 valence electrons. The van der Waals surface area contributed by atoms with Crippen molar-refractivity contribution in [2.75, 3.05) is 0 Å². The van der Waals surface area contributed by atoms with Crippen LogP contribution >= 0.6 is 0 Å². The highest BCUT2D eigenvalue weighted by Gasteiger charge is 2.99. The molecular weight excluding hydrogens is 767 g/mol.